The van der Waals surface area contributed by atoms with Crippen LogP contribution >= 0.6 is 0 Å². The number of carbonyl (C=O) groups is 1. The van der Waals surface area contributed by atoms with Gasteiger partial charge in [0.15, 0.2) is 0 Å². The Kier molecular flexibility index (Phi) is 4.06. The summed E-state index contributed by atoms with van der Waals surface area (Å²) in [5.74, 6) is 1.02. The highest BCUT2D eigenvalue weighted by Crippen LogP contribution is 2.20. The fraction of sp³-hybridized carbons (Fsp3) is 0. The second-order valence-electron chi connectivity index (χ2n) is 4.50. The zero-order chi connectivity index (χ0) is 15.2. The quantitative estimate of drug-likeness (QED) is 0.593. The van der Waals surface area contributed by atoms with Crippen molar-refractivity contribution in [2.45, 2.75) is 0 Å². The Bertz CT molecular complexity index is 780. The number of nitrogens with one attached hydrogen (secondary N) is 1. The molecule has 1 aromatic carbocycles. The van der Waals surface area contributed by atoms with Crippen LogP contribution in [-0.4, -0.2) is 17.1 Å². The van der Waals surface area contributed by atoms with Crippen molar-refractivity contribution in [3.8, 4) is 11.3 Å². The Balaban J connectivity index is 1.64. The molecule has 0 radical (unpaired) electrons. The van der Waals surface area contributed by atoms with E-state index >= 15 is 0 Å². The van der Waals surface area contributed by atoms with Crippen LogP contribution in [0.5, 0.6) is 0 Å². The molecule has 5 nitrogen and oxygen atoms in total. The van der Waals surface area contributed by atoms with Crippen LogP contribution in [0.25, 0.3) is 11.3 Å². The van der Waals surface area contributed by atoms with E-state index in [9.17, 15) is 4.79 Å². The van der Waals surface area contributed by atoms with E-state index in [0.717, 1.165) is 11.3 Å². The molecule has 0 aliphatic heterocycles. The molecule has 108 valence electrons. The van der Waals surface area contributed by atoms with E-state index < -0.39 is 0 Å². The number of amides is 1. The highest BCUT2D eigenvalue weighted by atomic mass is 16.3. The third kappa shape index (κ3) is 3.27. The van der Waals surface area contributed by atoms with Crippen molar-refractivity contribution in [2.75, 3.05) is 0 Å². The minimum Gasteiger partial charge on any atom is -0.455 e. The SMILES string of the molecule is O=C(NN=Cc1ccc(-c2ccccc2)o1)c1ccncc1. The molecule has 0 aliphatic rings. The van der Waals surface area contributed by atoms with E-state index in [1.807, 2.05) is 36.4 Å². The number of hydrogen-bond donors (Lipinski definition) is 1. The lowest BCUT2D eigenvalue weighted by molar-refractivity contribution is 0.0955. The van der Waals surface area contributed by atoms with Gasteiger partial charge in [0.05, 0.1) is 6.21 Å². The number of hydrogen-bond acceptors (Lipinski definition) is 4. The average Bonchev–Trinajstić information content (AvgIpc) is 3.05. The molecule has 0 saturated heterocycles. The molecule has 0 atom stereocenters. The molecule has 3 aromatic rings. The Morgan fingerprint density at radius 2 is 1.82 bits per heavy atom. The lowest BCUT2D eigenvalue weighted by atomic mass is 10.2. The van der Waals surface area contributed by atoms with Crippen molar-refractivity contribution in [3.05, 3.63) is 78.3 Å². The summed E-state index contributed by atoms with van der Waals surface area (Å²) in [6.07, 6.45) is 4.57. The van der Waals surface area contributed by atoms with E-state index in [4.69, 9.17) is 4.42 Å². The maximum atomic E-state index is 11.8. The van der Waals surface area contributed by atoms with Gasteiger partial charge < -0.3 is 4.42 Å². The monoisotopic (exact) mass is 291 g/mol. The predicted molar refractivity (Wildman–Crippen MR) is 83.4 cm³/mol. The number of benzene rings is 1. The van der Waals surface area contributed by atoms with Gasteiger partial charge >= 0.3 is 0 Å². The third-order valence-electron chi connectivity index (χ3n) is 2.99. The van der Waals surface area contributed by atoms with Gasteiger partial charge in [-0.05, 0) is 24.3 Å². The zero-order valence-corrected chi connectivity index (χ0v) is 11.6. The smallest absolute Gasteiger partial charge is 0.271 e. The molecule has 2 heterocycles. The molecular formula is C17H13N3O2. The van der Waals surface area contributed by atoms with Crippen LogP contribution in [0.1, 0.15) is 16.1 Å². The molecule has 0 saturated carbocycles. The minimum absolute atomic E-state index is 0.298. The highest BCUT2D eigenvalue weighted by molar-refractivity contribution is 5.94. The van der Waals surface area contributed by atoms with Gasteiger partial charge in [0.2, 0.25) is 0 Å². The van der Waals surface area contributed by atoms with E-state index in [1.54, 1.807) is 30.6 Å². The average molecular weight is 291 g/mol. The van der Waals surface area contributed by atoms with E-state index in [1.165, 1.54) is 6.21 Å². The van der Waals surface area contributed by atoms with Crippen LogP contribution in [-0.2, 0) is 0 Å². The molecule has 0 fully saturated rings. The number of rotatable bonds is 4. The van der Waals surface area contributed by atoms with Gasteiger partial charge in [-0.15, -0.1) is 0 Å². The second kappa shape index (κ2) is 6.49. The molecular weight excluding hydrogens is 278 g/mol. The molecule has 2 aromatic heterocycles. The largest absolute Gasteiger partial charge is 0.455 e. The Hall–Kier alpha value is -3.21. The van der Waals surface area contributed by atoms with Gasteiger partial charge in [-0.2, -0.15) is 5.10 Å². The van der Waals surface area contributed by atoms with Crippen LogP contribution in [0.4, 0.5) is 0 Å². The number of furan rings is 1. The number of pyridine rings is 1. The van der Waals surface area contributed by atoms with Crippen molar-refractivity contribution in [2.24, 2.45) is 5.10 Å². The first-order valence-corrected chi connectivity index (χ1v) is 6.71. The number of nitrogens with zero attached hydrogens (tertiary/aromatic N) is 2. The van der Waals surface area contributed by atoms with E-state index in [-0.39, 0.29) is 5.91 Å². The normalized spacial score (nSPS) is 10.7. The van der Waals surface area contributed by atoms with Crippen LogP contribution < -0.4 is 5.43 Å². The van der Waals surface area contributed by atoms with Crippen molar-refractivity contribution in [1.82, 2.24) is 10.4 Å². The zero-order valence-electron chi connectivity index (χ0n) is 11.6. The first-order valence-electron chi connectivity index (χ1n) is 6.71. The van der Waals surface area contributed by atoms with Gasteiger partial charge in [0.25, 0.3) is 5.91 Å². The number of carbonyl (C=O) groups excluding carboxylic acids is 1. The molecule has 0 unspecified atom stereocenters. The molecule has 0 spiro atoms. The summed E-state index contributed by atoms with van der Waals surface area (Å²) >= 11 is 0. The summed E-state index contributed by atoms with van der Waals surface area (Å²) in [6.45, 7) is 0. The predicted octanol–water partition coefficient (Wildman–Crippen LogP) is 3.11. The standard InChI is InChI=1S/C17H13N3O2/c21-17(14-8-10-18-11-9-14)20-19-12-15-6-7-16(22-15)13-4-2-1-3-5-13/h1-12H,(H,20,21). The lowest BCUT2D eigenvalue weighted by Gasteiger charge is -1.97. The Labute approximate surface area is 127 Å². The van der Waals surface area contributed by atoms with Gasteiger partial charge in [-0.3, -0.25) is 9.78 Å². The fourth-order valence-electron chi connectivity index (χ4n) is 1.90. The number of hydrazone groups is 1. The summed E-state index contributed by atoms with van der Waals surface area (Å²) in [5, 5.41) is 3.89. The summed E-state index contributed by atoms with van der Waals surface area (Å²) in [5.41, 5.74) is 3.92. The summed E-state index contributed by atoms with van der Waals surface area (Å²) in [7, 11) is 0. The first-order chi connectivity index (χ1) is 10.8. The summed E-state index contributed by atoms with van der Waals surface area (Å²) in [4.78, 5) is 15.6. The summed E-state index contributed by atoms with van der Waals surface area (Å²) < 4.78 is 5.65. The maximum absolute atomic E-state index is 11.8. The molecule has 5 heteroatoms. The van der Waals surface area contributed by atoms with E-state index in [2.05, 4.69) is 15.5 Å². The second-order valence-corrected chi connectivity index (χ2v) is 4.50. The van der Waals surface area contributed by atoms with Crippen LogP contribution in [0.15, 0.2) is 76.5 Å². The minimum atomic E-state index is -0.298. The highest BCUT2D eigenvalue weighted by Gasteiger charge is 2.04. The van der Waals surface area contributed by atoms with Gasteiger partial charge in [-0.1, -0.05) is 30.3 Å². The first kappa shape index (κ1) is 13.8. The van der Waals surface area contributed by atoms with Gasteiger partial charge in [0, 0.05) is 23.5 Å². The van der Waals surface area contributed by atoms with Crippen molar-refractivity contribution in [1.29, 1.82) is 0 Å². The van der Waals surface area contributed by atoms with Gasteiger partial charge in [0.1, 0.15) is 11.5 Å². The summed E-state index contributed by atoms with van der Waals surface area (Å²) in [6, 6.07) is 16.7. The third-order valence-corrected chi connectivity index (χ3v) is 2.99. The molecule has 1 N–H and O–H groups in total. The number of aromatic nitrogens is 1. The van der Waals surface area contributed by atoms with Crippen LogP contribution in [0.2, 0.25) is 0 Å². The topological polar surface area (TPSA) is 67.5 Å². The molecule has 22 heavy (non-hydrogen) atoms. The van der Waals surface area contributed by atoms with Crippen molar-refractivity contribution in [3.63, 3.8) is 0 Å². The molecule has 3 rings (SSSR count). The van der Waals surface area contributed by atoms with Crippen LogP contribution in [0.3, 0.4) is 0 Å². The van der Waals surface area contributed by atoms with Crippen LogP contribution in [0, 0.1) is 0 Å². The van der Waals surface area contributed by atoms with Gasteiger partial charge in [-0.25, -0.2) is 5.43 Å². The Morgan fingerprint density at radius 1 is 1.05 bits per heavy atom. The van der Waals surface area contributed by atoms with Crippen molar-refractivity contribution < 1.29 is 9.21 Å². The maximum Gasteiger partial charge on any atom is 0.271 e. The molecule has 1 amide bonds. The van der Waals surface area contributed by atoms with E-state index in [0.29, 0.717) is 11.3 Å². The van der Waals surface area contributed by atoms with Crippen molar-refractivity contribution >= 4 is 12.1 Å². The lowest BCUT2D eigenvalue weighted by Crippen LogP contribution is -2.17. The fourth-order valence-corrected chi connectivity index (χ4v) is 1.90. The molecule has 0 aliphatic carbocycles. The Morgan fingerprint density at radius 3 is 2.59 bits per heavy atom. The molecule has 0 bridgehead atoms.